The molecule has 0 fully saturated rings. The second-order valence-corrected chi connectivity index (χ2v) is 21.4. The summed E-state index contributed by atoms with van der Waals surface area (Å²) in [6, 6.07) is 6.93. The van der Waals surface area contributed by atoms with Crippen LogP contribution in [0.4, 0.5) is 9.59 Å². The van der Waals surface area contributed by atoms with Gasteiger partial charge in [-0.2, -0.15) is 0 Å². The number of hydrogen-bond donors (Lipinski definition) is 9. The molecule has 6 amide bonds. The van der Waals surface area contributed by atoms with Crippen molar-refractivity contribution >= 4 is 87.5 Å². The van der Waals surface area contributed by atoms with E-state index in [-0.39, 0.29) is 44.5 Å². The topological polar surface area (TPSA) is 323 Å². The number of carboxylic acids is 1. The standard InChI is InChI=1S/C55H73N11O12/c1-31(2)46(51(73)74)64-50(72)40(25-34-29-65(52(75)77-54(5,6)7)43-21-13-11-18-37(34)43)61-45(68)28-59-47(69)39(20-16-23-57-32(3)56)62-48(70)41(63-49(71)42(60-33(4)67)27-36-17-15-24-58-36)26-35-30-66(53(76)78-55(8,9)10)44-22-14-12-19-38(35)44/h11-14,17-19,21-22,24,29-31,39-42,46H,15-16,20,23,25-28H2,1-10H3,(H2,56,57)(H,59,69)(H,60,67)(H,61,68)(H,62,70)(H,63,71)(H,64,72)(H,73,74)/t39-,40-,41-,42-,46-/m0/s1. The number of aromatic nitrogens is 2. The quantitative estimate of drug-likeness (QED) is 0.0284. The summed E-state index contributed by atoms with van der Waals surface area (Å²) in [4.78, 5) is 127. The van der Waals surface area contributed by atoms with Gasteiger partial charge in [0.1, 0.15) is 41.4 Å². The average molecular weight is 1080 g/mol. The third-order valence-corrected chi connectivity index (χ3v) is 12.1. The minimum atomic E-state index is -1.45. The van der Waals surface area contributed by atoms with Crippen LogP contribution >= 0.6 is 0 Å². The van der Waals surface area contributed by atoms with Gasteiger partial charge in [0.25, 0.3) is 0 Å². The first kappa shape index (κ1) is 60.5. The van der Waals surface area contributed by atoms with Crippen molar-refractivity contribution in [2.75, 3.05) is 13.1 Å². The van der Waals surface area contributed by atoms with Gasteiger partial charge in [0.2, 0.25) is 35.4 Å². The number of aliphatic carboxylic acids is 1. The lowest BCUT2D eigenvalue weighted by Gasteiger charge is -2.26. The summed E-state index contributed by atoms with van der Waals surface area (Å²) < 4.78 is 13.9. The van der Waals surface area contributed by atoms with Gasteiger partial charge in [0.15, 0.2) is 0 Å². The molecule has 420 valence electrons. The number of rotatable bonds is 23. The highest BCUT2D eigenvalue weighted by Crippen LogP contribution is 2.26. The Bertz CT molecular complexity index is 2980. The Morgan fingerprint density at radius 3 is 1.60 bits per heavy atom. The molecule has 9 N–H and O–H groups in total. The molecule has 3 heterocycles. The molecule has 1 aliphatic heterocycles. The summed E-state index contributed by atoms with van der Waals surface area (Å²) in [5.41, 5.74) is 0.597. The van der Waals surface area contributed by atoms with Gasteiger partial charge in [-0.3, -0.25) is 48.3 Å². The fourth-order valence-corrected chi connectivity index (χ4v) is 8.52. The van der Waals surface area contributed by atoms with Crippen LogP contribution < -0.4 is 37.2 Å². The van der Waals surface area contributed by atoms with Crippen LogP contribution in [0.25, 0.3) is 21.8 Å². The molecular weight excluding hydrogens is 1010 g/mol. The minimum Gasteiger partial charge on any atom is -0.480 e. The van der Waals surface area contributed by atoms with Crippen molar-refractivity contribution in [2.45, 2.75) is 149 Å². The molecule has 5 rings (SSSR count). The highest BCUT2D eigenvalue weighted by atomic mass is 16.6. The molecule has 1 aliphatic rings. The number of ether oxygens (including phenoxy) is 2. The van der Waals surface area contributed by atoms with Crippen LogP contribution in [-0.2, 0) is 55.9 Å². The van der Waals surface area contributed by atoms with Gasteiger partial charge in [0, 0.05) is 74.2 Å². The van der Waals surface area contributed by atoms with Crippen molar-refractivity contribution in [3.8, 4) is 0 Å². The number of nitrogens with zero attached hydrogens (tertiary/aromatic N) is 3. The Labute approximate surface area is 452 Å². The Morgan fingerprint density at radius 2 is 1.14 bits per heavy atom. The molecular formula is C55H73N11O12. The van der Waals surface area contributed by atoms with E-state index in [4.69, 9.17) is 14.9 Å². The van der Waals surface area contributed by atoms with E-state index in [1.54, 1.807) is 116 Å². The van der Waals surface area contributed by atoms with Crippen molar-refractivity contribution in [1.82, 2.24) is 46.4 Å². The van der Waals surface area contributed by atoms with Gasteiger partial charge < -0.3 is 51.8 Å². The lowest BCUT2D eigenvalue weighted by molar-refractivity contribution is -0.143. The number of carboxylic acid groups (broad SMARTS) is 1. The van der Waals surface area contributed by atoms with Crippen molar-refractivity contribution in [1.29, 1.82) is 5.41 Å². The second kappa shape index (κ2) is 26.6. The first-order chi connectivity index (χ1) is 36.6. The number of hydrogen-bond acceptors (Lipinski definition) is 13. The summed E-state index contributed by atoms with van der Waals surface area (Å²) >= 11 is 0. The highest BCUT2D eigenvalue weighted by molar-refractivity contribution is 5.98. The van der Waals surface area contributed by atoms with Crippen LogP contribution in [0, 0.1) is 11.3 Å². The van der Waals surface area contributed by atoms with Crippen LogP contribution in [0.15, 0.2) is 77.7 Å². The molecule has 0 bridgehead atoms. The van der Waals surface area contributed by atoms with Crippen molar-refractivity contribution in [3.63, 3.8) is 0 Å². The van der Waals surface area contributed by atoms with Gasteiger partial charge in [-0.1, -0.05) is 56.3 Å². The normalized spacial score (nSPS) is 14.3. The van der Waals surface area contributed by atoms with E-state index in [0.29, 0.717) is 45.1 Å². The molecule has 0 saturated carbocycles. The van der Waals surface area contributed by atoms with Gasteiger partial charge >= 0.3 is 18.2 Å². The third kappa shape index (κ3) is 17.6. The van der Waals surface area contributed by atoms with E-state index >= 15 is 0 Å². The van der Waals surface area contributed by atoms with E-state index in [1.165, 1.54) is 35.4 Å². The van der Waals surface area contributed by atoms with Gasteiger partial charge in [-0.05, 0) is 90.5 Å². The largest absolute Gasteiger partial charge is 0.480 e. The highest BCUT2D eigenvalue weighted by Gasteiger charge is 2.34. The summed E-state index contributed by atoms with van der Waals surface area (Å²) in [6.07, 6.45) is 5.26. The molecule has 2 aromatic carbocycles. The maximum absolute atomic E-state index is 14.7. The molecule has 23 heteroatoms. The first-order valence-electron chi connectivity index (χ1n) is 25.7. The van der Waals surface area contributed by atoms with Gasteiger partial charge in [-0.15, -0.1) is 0 Å². The molecule has 2 aromatic heterocycles. The van der Waals surface area contributed by atoms with Crippen molar-refractivity contribution in [2.24, 2.45) is 10.9 Å². The number of para-hydroxylation sites is 2. The number of carbonyl (C=O) groups is 9. The zero-order chi connectivity index (χ0) is 57.6. The Morgan fingerprint density at radius 1 is 0.654 bits per heavy atom. The van der Waals surface area contributed by atoms with Gasteiger partial charge in [0.05, 0.1) is 23.4 Å². The van der Waals surface area contributed by atoms with Crippen LogP contribution in [0.2, 0.25) is 0 Å². The molecule has 5 atom stereocenters. The number of amides is 6. The molecule has 4 aromatic rings. The first-order valence-corrected chi connectivity index (χ1v) is 25.7. The smallest absolute Gasteiger partial charge is 0.419 e. The number of benzene rings is 2. The van der Waals surface area contributed by atoms with Crippen molar-refractivity contribution in [3.05, 3.63) is 83.8 Å². The number of nitrogens with one attached hydrogen (secondary N) is 8. The second-order valence-electron chi connectivity index (χ2n) is 21.4. The summed E-state index contributed by atoms with van der Waals surface area (Å²) in [6.45, 7) is 15.7. The van der Waals surface area contributed by atoms with Crippen LogP contribution in [0.3, 0.4) is 0 Å². The predicted octanol–water partition coefficient (Wildman–Crippen LogP) is 4.36. The molecule has 0 unspecified atom stereocenters. The molecule has 78 heavy (non-hydrogen) atoms. The number of amidine groups is 1. The third-order valence-electron chi connectivity index (χ3n) is 12.1. The minimum absolute atomic E-state index is 0.00344. The summed E-state index contributed by atoms with van der Waals surface area (Å²) in [5.74, 6) is -6.42. The molecule has 23 nitrogen and oxygen atoms in total. The monoisotopic (exact) mass is 1080 g/mol. The predicted molar refractivity (Wildman–Crippen MR) is 292 cm³/mol. The van der Waals surface area contributed by atoms with E-state index in [2.05, 4.69) is 42.2 Å². The maximum Gasteiger partial charge on any atom is 0.419 e. The number of carbonyl (C=O) groups excluding carboxylic acids is 8. The fourth-order valence-electron chi connectivity index (χ4n) is 8.52. The molecule has 0 saturated heterocycles. The number of allylic oxidation sites excluding steroid dienone is 1. The van der Waals surface area contributed by atoms with E-state index < -0.39 is 107 Å². The van der Waals surface area contributed by atoms with Crippen LogP contribution in [0.5, 0.6) is 0 Å². The van der Waals surface area contributed by atoms with E-state index in [1.807, 2.05) is 0 Å². The molecule has 0 spiro atoms. The van der Waals surface area contributed by atoms with Crippen molar-refractivity contribution < 1.29 is 57.7 Å². The lowest BCUT2D eigenvalue weighted by Crippen LogP contribution is -2.58. The van der Waals surface area contributed by atoms with Crippen LogP contribution in [-0.4, -0.2) is 134 Å². The van der Waals surface area contributed by atoms with E-state index in [9.17, 15) is 48.3 Å². The Kier molecular flexibility index (Phi) is 20.6. The van der Waals surface area contributed by atoms with E-state index in [0.717, 1.165) is 0 Å². The fraction of sp³-hybridized carbons (Fsp3) is 0.473. The molecule has 0 radical (unpaired) electrons. The summed E-state index contributed by atoms with van der Waals surface area (Å²) in [5, 5.41) is 37.5. The summed E-state index contributed by atoms with van der Waals surface area (Å²) in [7, 11) is 0. The SMILES string of the molecule is CC(=N)NCCC[C@H](NC(=O)[C@H](Cc1cn(C(=O)OC(C)(C)C)c2ccccc12)NC(=O)[C@H](CC1=CCC=N1)NC(C)=O)C(=O)NCC(=O)N[C@@H](Cc1cn(C(=O)OC(C)(C)C)c2ccccc12)C(=O)N[C@H](C(=O)O)C(C)C. The number of fused-ring (bicyclic) bond motifs is 2. The zero-order valence-electron chi connectivity index (χ0n) is 45.8. The average Bonchev–Trinajstić information content (AvgIpc) is 4.17. The maximum atomic E-state index is 14.7. The molecule has 0 aliphatic carbocycles. The number of aliphatic imine (C=N–C) groups is 1. The Hall–Kier alpha value is -8.37. The van der Waals surface area contributed by atoms with Crippen LogP contribution in [0.1, 0.15) is 106 Å². The zero-order valence-corrected chi connectivity index (χ0v) is 45.8. The van der Waals surface area contributed by atoms with Gasteiger partial charge in [-0.25, -0.2) is 14.4 Å². The Balaban J connectivity index is 1.45. The lowest BCUT2D eigenvalue weighted by atomic mass is 10.0.